The molecular formula is C15H28BN3O2. The maximum absolute atomic E-state index is 10.4. The monoisotopic (exact) mass is 293 g/mol. The van der Waals surface area contributed by atoms with Gasteiger partial charge in [0.25, 0.3) is 7.48 Å². The van der Waals surface area contributed by atoms with Crippen molar-refractivity contribution in [3.63, 3.8) is 0 Å². The summed E-state index contributed by atoms with van der Waals surface area (Å²) in [6, 6.07) is 10.2. The van der Waals surface area contributed by atoms with Gasteiger partial charge in [0.1, 0.15) is 0 Å². The van der Waals surface area contributed by atoms with Gasteiger partial charge >= 0.3 is 0 Å². The van der Waals surface area contributed by atoms with E-state index in [-0.39, 0.29) is 12.5 Å². The molecule has 0 bridgehead atoms. The van der Waals surface area contributed by atoms with E-state index in [4.69, 9.17) is 10.5 Å². The smallest absolute Gasteiger partial charge is 0.282 e. The molecule has 0 aliphatic carbocycles. The summed E-state index contributed by atoms with van der Waals surface area (Å²) in [5.41, 5.74) is 3.67. The van der Waals surface area contributed by atoms with Gasteiger partial charge in [-0.05, 0) is 30.3 Å². The van der Waals surface area contributed by atoms with Gasteiger partial charge in [-0.2, -0.15) is 0 Å². The van der Waals surface area contributed by atoms with Gasteiger partial charge in [-0.3, -0.25) is 5.84 Å². The molecule has 1 rings (SSSR count). The van der Waals surface area contributed by atoms with E-state index in [1.54, 1.807) is 0 Å². The highest BCUT2D eigenvalue weighted by Gasteiger charge is 2.21. The standard InChI is InChI=1S/C15H28BN3O2/c1-12(2)9-18-10-15(20)14(16-21-11-19-17)8-13-6-4-3-5-7-13/h3-7,12,14-16,18-20H,8-11,17H2,1-2H3/t14-,15?/m0/s1. The number of aliphatic hydroxyl groups is 1. The fourth-order valence-electron chi connectivity index (χ4n) is 2.18. The largest absolute Gasteiger partial charge is 0.426 e. The first-order valence-electron chi connectivity index (χ1n) is 7.57. The first-order valence-corrected chi connectivity index (χ1v) is 7.57. The van der Waals surface area contributed by atoms with Crippen molar-refractivity contribution in [2.75, 3.05) is 19.8 Å². The molecule has 0 saturated heterocycles. The Morgan fingerprint density at radius 1 is 1.24 bits per heavy atom. The van der Waals surface area contributed by atoms with E-state index >= 15 is 0 Å². The lowest BCUT2D eigenvalue weighted by Gasteiger charge is -2.23. The lowest BCUT2D eigenvalue weighted by molar-refractivity contribution is 0.152. The van der Waals surface area contributed by atoms with Crippen LogP contribution >= 0.6 is 0 Å². The van der Waals surface area contributed by atoms with Crippen molar-refractivity contribution in [2.24, 2.45) is 11.8 Å². The van der Waals surface area contributed by atoms with E-state index in [0.29, 0.717) is 19.9 Å². The minimum absolute atomic E-state index is 0.0420. The highest BCUT2D eigenvalue weighted by Crippen LogP contribution is 2.17. The molecule has 1 aromatic rings. The first kappa shape index (κ1) is 18.1. The second-order valence-electron chi connectivity index (χ2n) is 5.79. The van der Waals surface area contributed by atoms with E-state index in [2.05, 4.69) is 36.7 Å². The number of rotatable bonds is 11. The van der Waals surface area contributed by atoms with Gasteiger partial charge in [0.15, 0.2) is 0 Å². The molecule has 5 nitrogen and oxygen atoms in total. The number of hydrogen-bond acceptors (Lipinski definition) is 5. The summed E-state index contributed by atoms with van der Waals surface area (Å²) < 4.78 is 5.44. The number of hydrazine groups is 1. The predicted octanol–water partition coefficient (Wildman–Crippen LogP) is 0.413. The predicted molar refractivity (Wildman–Crippen MR) is 88.0 cm³/mol. The molecule has 0 spiro atoms. The van der Waals surface area contributed by atoms with Crippen LogP contribution in [0.15, 0.2) is 30.3 Å². The first-order chi connectivity index (χ1) is 10.1. The molecule has 1 aromatic carbocycles. The molecule has 5 N–H and O–H groups in total. The molecule has 0 aliphatic heterocycles. The summed E-state index contributed by atoms with van der Waals surface area (Å²) in [7, 11) is 0.476. The highest BCUT2D eigenvalue weighted by molar-refractivity contribution is 6.29. The summed E-state index contributed by atoms with van der Waals surface area (Å²) in [4.78, 5) is 0. The van der Waals surface area contributed by atoms with Crippen LogP contribution in [0, 0.1) is 5.92 Å². The number of benzene rings is 1. The molecule has 0 amide bonds. The Hall–Kier alpha value is -0.915. The minimum atomic E-state index is -0.443. The fraction of sp³-hybridized carbons (Fsp3) is 0.600. The molecule has 0 aromatic heterocycles. The number of nitrogens with one attached hydrogen (secondary N) is 2. The van der Waals surface area contributed by atoms with Crippen molar-refractivity contribution in [1.29, 1.82) is 0 Å². The summed E-state index contributed by atoms with van der Waals surface area (Å²) in [6.07, 6.45) is 0.345. The summed E-state index contributed by atoms with van der Waals surface area (Å²) >= 11 is 0. The Bertz CT molecular complexity index is 365. The van der Waals surface area contributed by atoms with Crippen LogP contribution in [0.2, 0.25) is 5.82 Å². The normalized spacial score (nSPS) is 14.1. The van der Waals surface area contributed by atoms with Gasteiger partial charge in [-0.1, -0.05) is 44.2 Å². The van der Waals surface area contributed by atoms with Crippen LogP contribution in [0.4, 0.5) is 0 Å². The third kappa shape index (κ3) is 8.19. The molecule has 0 radical (unpaired) electrons. The number of aliphatic hydroxyl groups excluding tert-OH is 1. The lowest BCUT2D eigenvalue weighted by Crippen LogP contribution is -2.36. The van der Waals surface area contributed by atoms with Crippen LogP contribution in [-0.4, -0.2) is 38.5 Å². The Kier molecular flexibility index (Phi) is 9.29. The molecule has 6 heteroatoms. The minimum Gasteiger partial charge on any atom is -0.426 e. The van der Waals surface area contributed by atoms with Crippen LogP contribution in [-0.2, 0) is 11.1 Å². The van der Waals surface area contributed by atoms with Crippen LogP contribution in [0.25, 0.3) is 0 Å². The molecule has 2 atom stereocenters. The molecule has 0 saturated carbocycles. The van der Waals surface area contributed by atoms with E-state index in [0.717, 1.165) is 13.0 Å². The van der Waals surface area contributed by atoms with Crippen molar-refractivity contribution in [3.05, 3.63) is 35.9 Å². The van der Waals surface area contributed by atoms with Crippen molar-refractivity contribution < 1.29 is 9.76 Å². The molecule has 0 heterocycles. The van der Waals surface area contributed by atoms with Crippen LogP contribution < -0.4 is 16.6 Å². The average Bonchev–Trinajstić information content (AvgIpc) is 2.47. The Morgan fingerprint density at radius 2 is 1.95 bits per heavy atom. The van der Waals surface area contributed by atoms with Crippen LogP contribution in [0.1, 0.15) is 19.4 Å². The van der Waals surface area contributed by atoms with Crippen molar-refractivity contribution in [3.8, 4) is 0 Å². The summed E-state index contributed by atoms with van der Waals surface area (Å²) in [5.74, 6) is 5.82. The van der Waals surface area contributed by atoms with Gasteiger partial charge in [-0.25, -0.2) is 5.43 Å². The summed E-state index contributed by atoms with van der Waals surface area (Å²) in [6.45, 7) is 6.07. The third-order valence-electron chi connectivity index (χ3n) is 3.31. The van der Waals surface area contributed by atoms with Crippen LogP contribution in [0.5, 0.6) is 0 Å². The van der Waals surface area contributed by atoms with Gasteiger partial charge in [0.05, 0.1) is 12.8 Å². The van der Waals surface area contributed by atoms with Gasteiger partial charge in [0.2, 0.25) is 0 Å². The van der Waals surface area contributed by atoms with E-state index < -0.39 is 6.10 Å². The molecule has 1 unspecified atom stereocenters. The average molecular weight is 293 g/mol. The molecular weight excluding hydrogens is 265 g/mol. The zero-order valence-corrected chi connectivity index (χ0v) is 13.1. The SMILES string of the molecule is CC(C)CNCC(O)[C@@H](BOCNN)Cc1ccccc1. The lowest BCUT2D eigenvalue weighted by atomic mass is 9.72. The van der Waals surface area contributed by atoms with Gasteiger partial charge in [0, 0.05) is 6.54 Å². The maximum Gasteiger partial charge on any atom is 0.282 e. The van der Waals surface area contributed by atoms with Crippen LogP contribution in [0.3, 0.4) is 0 Å². The summed E-state index contributed by atoms with van der Waals surface area (Å²) in [5, 5.41) is 13.7. The topological polar surface area (TPSA) is 79.5 Å². The zero-order chi connectivity index (χ0) is 15.5. The molecule has 0 aliphatic rings. The van der Waals surface area contributed by atoms with Gasteiger partial charge < -0.3 is 15.1 Å². The Balaban J connectivity index is 2.49. The van der Waals surface area contributed by atoms with Gasteiger partial charge in [-0.15, -0.1) is 0 Å². The number of hydrogen-bond donors (Lipinski definition) is 4. The number of nitrogens with two attached hydrogens (primary N) is 1. The highest BCUT2D eigenvalue weighted by atomic mass is 16.4. The molecule has 118 valence electrons. The maximum atomic E-state index is 10.4. The second-order valence-corrected chi connectivity index (χ2v) is 5.79. The van der Waals surface area contributed by atoms with E-state index in [1.807, 2.05) is 18.2 Å². The Labute approximate surface area is 128 Å². The molecule has 21 heavy (non-hydrogen) atoms. The van der Waals surface area contributed by atoms with Crippen molar-refractivity contribution in [1.82, 2.24) is 10.7 Å². The Morgan fingerprint density at radius 3 is 2.57 bits per heavy atom. The fourth-order valence-corrected chi connectivity index (χ4v) is 2.18. The van der Waals surface area contributed by atoms with Crippen molar-refractivity contribution in [2.45, 2.75) is 32.2 Å². The molecule has 0 fully saturated rings. The quantitative estimate of drug-likeness (QED) is 0.156. The van der Waals surface area contributed by atoms with Crippen molar-refractivity contribution >= 4 is 7.48 Å². The van der Waals surface area contributed by atoms with E-state index in [9.17, 15) is 5.11 Å². The second kappa shape index (κ2) is 10.8. The zero-order valence-electron chi connectivity index (χ0n) is 13.1. The van der Waals surface area contributed by atoms with E-state index in [1.165, 1.54) is 5.56 Å². The third-order valence-corrected chi connectivity index (χ3v) is 3.31.